The molecule has 0 unspecified atom stereocenters. The first-order valence-corrected chi connectivity index (χ1v) is 8.17. The van der Waals surface area contributed by atoms with Crippen LogP contribution < -0.4 is 10.1 Å². The maximum atomic E-state index is 4.01. The molecule has 0 fully saturated rings. The fraction of sp³-hybridized carbons (Fsp3) is 0. The zero-order chi connectivity index (χ0) is 13.9. The lowest BCUT2D eigenvalue weighted by molar-refractivity contribution is 1.20. The van der Waals surface area contributed by atoms with Gasteiger partial charge in [0.05, 0.1) is 9.52 Å². The van der Waals surface area contributed by atoms with E-state index >= 15 is 0 Å². The highest BCUT2D eigenvalue weighted by Crippen LogP contribution is 2.33. The predicted octanol–water partition coefficient (Wildman–Crippen LogP) is 3.22. The van der Waals surface area contributed by atoms with Crippen LogP contribution in [0.3, 0.4) is 0 Å². The van der Waals surface area contributed by atoms with Gasteiger partial charge >= 0.3 is 0 Å². The van der Waals surface area contributed by atoms with Gasteiger partial charge in [0, 0.05) is 17.1 Å². The number of rotatable bonds is 3. The van der Waals surface area contributed by atoms with Crippen LogP contribution in [0.5, 0.6) is 0 Å². The van der Waals surface area contributed by atoms with E-state index in [9.17, 15) is 0 Å². The second-order valence-corrected chi connectivity index (χ2v) is 6.67. The van der Waals surface area contributed by atoms with Crippen LogP contribution in [0.25, 0.3) is 0 Å². The Kier molecular flexibility index (Phi) is 3.40. The highest BCUT2D eigenvalue weighted by molar-refractivity contribution is 6.64. The van der Waals surface area contributed by atoms with Crippen LogP contribution >= 0.6 is 0 Å². The summed E-state index contributed by atoms with van der Waals surface area (Å²) in [5.74, 6) is 0. The molecular weight excluding hydrogens is 258 g/mol. The summed E-state index contributed by atoms with van der Waals surface area (Å²) in [6.45, 7) is 7.99. The lowest BCUT2D eigenvalue weighted by Gasteiger charge is -2.33. The van der Waals surface area contributed by atoms with Crippen molar-refractivity contribution < 1.29 is 0 Å². The Morgan fingerprint density at radius 2 is 1.55 bits per heavy atom. The van der Waals surface area contributed by atoms with Crippen molar-refractivity contribution in [3.05, 3.63) is 90.8 Å². The second kappa shape index (κ2) is 5.35. The smallest absolute Gasteiger partial charge is 0.0929 e. The summed E-state index contributed by atoms with van der Waals surface area (Å²) in [4.78, 5) is 2.29. The van der Waals surface area contributed by atoms with E-state index in [1.807, 2.05) is 18.2 Å². The molecule has 1 aliphatic rings. The van der Waals surface area contributed by atoms with Crippen LogP contribution in [0.2, 0.25) is 0 Å². The quantitative estimate of drug-likeness (QED) is 0.778. The minimum atomic E-state index is -0.476. The van der Waals surface area contributed by atoms with Crippen molar-refractivity contribution in [2.24, 2.45) is 0 Å². The number of allylic oxidation sites excluding steroid dienone is 3. The standard InChI is InChI=1S/C18H17NSi/c1-3-15-17(4-2)20-18-13-9-8-12-16(18)19(15)14-10-6-5-7-11-14/h3-13H,1-2,20H2. The minimum absolute atomic E-state index is 0.476. The Balaban J connectivity index is 2.24. The maximum absolute atomic E-state index is 4.01. The lowest BCUT2D eigenvalue weighted by atomic mass is 10.2. The molecule has 0 aromatic heterocycles. The first-order valence-electron chi connectivity index (χ1n) is 6.76. The molecule has 0 amide bonds. The largest absolute Gasteiger partial charge is 0.311 e. The van der Waals surface area contributed by atoms with Crippen LogP contribution in [0.15, 0.2) is 90.8 Å². The van der Waals surface area contributed by atoms with Gasteiger partial charge in [-0.05, 0) is 34.7 Å². The second-order valence-electron chi connectivity index (χ2n) is 4.80. The number of benzene rings is 2. The van der Waals surface area contributed by atoms with E-state index in [4.69, 9.17) is 0 Å². The summed E-state index contributed by atoms with van der Waals surface area (Å²) in [7, 11) is -0.476. The molecule has 98 valence electrons. The van der Waals surface area contributed by atoms with Gasteiger partial charge in [-0.3, -0.25) is 0 Å². The zero-order valence-electron chi connectivity index (χ0n) is 11.4. The predicted molar refractivity (Wildman–Crippen MR) is 90.6 cm³/mol. The maximum Gasteiger partial charge on any atom is 0.0929 e. The van der Waals surface area contributed by atoms with Crippen molar-refractivity contribution in [1.29, 1.82) is 0 Å². The van der Waals surface area contributed by atoms with Gasteiger partial charge < -0.3 is 4.90 Å². The summed E-state index contributed by atoms with van der Waals surface area (Å²) in [5, 5.41) is 2.81. The molecule has 2 heteroatoms. The van der Waals surface area contributed by atoms with Crippen molar-refractivity contribution in [3.8, 4) is 0 Å². The topological polar surface area (TPSA) is 3.24 Å². The molecule has 0 radical (unpaired) electrons. The third kappa shape index (κ3) is 2.04. The molecule has 20 heavy (non-hydrogen) atoms. The normalized spacial score (nSPS) is 15.1. The number of hydrogen-bond donors (Lipinski definition) is 0. The molecule has 1 heterocycles. The van der Waals surface area contributed by atoms with Crippen molar-refractivity contribution in [2.45, 2.75) is 0 Å². The Morgan fingerprint density at radius 1 is 0.850 bits per heavy atom. The lowest BCUT2D eigenvalue weighted by Crippen LogP contribution is -2.33. The highest BCUT2D eigenvalue weighted by atomic mass is 28.2. The van der Waals surface area contributed by atoms with Gasteiger partial charge in [0.25, 0.3) is 0 Å². The van der Waals surface area contributed by atoms with Crippen molar-refractivity contribution >= 4 is 26.1 Å². The number of hydrogen-bond acceptors (Lipinski definition) is 1. The van der Waals surface area contributed by atoms with Crippen molar-refractivity contribution in [2.75, 3.05) is 4.90 Å². The molecule has 0 aliphatic carbocycles. The zero-order valence-corrected chi connectivity index (χ0v) is 12.8. The van der Waals surface area contributed by atoms with Gasteiger partial charge in [0.1, 0.15) is 0 Å². The van der Waals surface area contributed by atoms with E-state index in [-0.39, 0.29) is 0 Å². The van der Waals surface area contributed by atoms with Gasteiger partial charge in [-0.1, -0.05) is 55.6 Å². The van der Waals surface area contributed by atoms with Gasteiger partial charge in [0.15, 0.2) is 0 Å². The SMILES string of the molecule is C=CC1=C(C=C)N(c2ccccc2)c2ccccc2[SiH2]1. The fourth-order valence-electron chi connectivity index (χ4n) is 2.70. The first-order chi connectivity index (χ1) is 9.85. The third-order valence-electron chi connectivity index (χ3n) is 3.64. The van der Waals surface area contributed by atoms with Crippen LogP contribution in [-0.4, -0.2) is 9.52 Å². The average molecular weight is 275 g/mol. The van der Waals surface area contributed by atoms with Gasteiger partial charge in [-0.25, -0.2) is 0 Å². The van der Waals surface area contributed by atoms with E-state index in [1.165, 1.54) is 27.5 Å². The van der Waals surface area contributed by atoms with Crippen LogP contribution in [0.1, 0.15) is 0 Å². The monoisotopic (exact) mass is 275 g/mol. The Labute approximate surface area is 122 Å². The molecule has 0 bridgehead atoms. The third-order valence-corrected chi connectivity index (χ3v) is 5.65. The fourth-order valence-corrected chi connectivity index (χ4v) is 4.45. The van der Waals surface area contributed by atoms with E-state index in [2.05, 4.69) is 66.6 Å². The van der Waals surface area contributed by atoms with Crippen LogP contribution in [0.4, 0.5) is 11.4 Å². The number of nitrogens with zero attached hydrogens (tertiary/aromatic N) is 1. The minimum Gasteiger partial charge on any atom is -0.311 e. The summed E-state index contributed by atoms with van der Waals surface area (Å²) >= 11 is 0. The number of para-hydroxylation sites is 2. The molecule has 0 N–H and O–H groups in total. The summed E-state index contributed by atoms with van der Waals surface area (Å²) in [5.41, 5.74) is 3.63. The van der Waals surface area contributed by atoms with Crippen LogP contribution in [-0.2, 0) is 0 Å². The Bertz CT molecular complexity index is 686. The molecule has 1 nitrogen and oxygen atoms in total. The molecule has 1 aliphatic heterocycles. The van der Waals surface area contributed by atoms with E-state index < -0.39 is 9.52 Å². The van der Waals surface area contributed by atoms with Gasteiger partial charge in [-0.15, -0.1) is 0 Å². The van der Waals surface area contributed by atoms with Gasteiger partial charge in [0.2, 0.25) is 0 Å². The average Bonchev–Trinajstić information content (AvgIpc) is 2.53. The first kappa shape index (κ1) is 12.7. The Hall–Kier alpha value is -2.32. The van der Waals surface area contributed by atoms with E-state index in [0.29, 0.717) is 0 Å². The summed E-state index contributed by atoms with van der Waals surface area (Å²) in [6.07, 6.45) is 3.95. The highest BCUT2D eigenvalue weighted by Gasteiger charge is 2.23. The molecular formula is C18H17NSi. The molecule has 2 aromatic carbocycles. The molecule has 0 atom stereocenters. The Morgan fingerprint density at radius 3 is 2.25 bits per heavy atom. The summed E-state index contributed by atoms with van der Waals surface area (Å²) in [6, 6.07) is 19.1. The number of fused-ring (bicyclic) bond motifs is 1. The van der Waals surface area contributed by atoms with E-state index in [0.717, 1.165) is 0 Å². The van der Waals surface area contributed by atoms with Crippen LogP contribution in [0, 0.1) is 0 Å². The molecule has 0 saturated heterocycles. The molecule has 0 spiro atoms. The van der Waals surface area contributed by atoms with Gasteiger partial charge in [-0.2, -0.15) is 0 Å². The number of anilines is 2. The van der Waals surface area contributed by atoms with E-state index in [1.54, 1.807) is 0 Å². The molecule has 2 aromatic rings. The van der Waals surface area contributed by atoms with Crippen molar-refractivity contribution in [3.63, 3.8) is 0 Å². The van der Waals surface area contributed by atoms with Crippen molar-refractivity contribution in [1.82, 2.24) is 0 Å². The summed E-state index contributed by atoms with van der Waals surface area (Å²) < 4.78 is 0. The molecule has 3 rings (SSSR count). The molecule has 0 saturated carbocycles.